The van der Waals surface area contributed by atoms with Crippen molar-refractivity contribution in [3.8, 4) is 0 Å². The van der Waals surface area contributed by atoms with Gasteiger partial charge in [-0.05, 0) is 17.9 Å². The lowest BCUT2D eigenvalue weighted by atomic mass is 9.91. The van der Waals surface area contributed by atoms with Gasteiger partial charge in [0, 0.05) is 6.42 Å². The molecule has 5 nitrogen and oxygen atoms in total. The Morgan fingerprint density at radius 1 is 1.15 bits per heavy atom. The Hall–Kier alpha value is -1.57. The van der Waals surface area contributed by atoms with E-state index in [-0.39, 0.29) is 31.4 Å². The van der Waals surface area contributed by atoms with Crippen LogP contribution in [0.15, 0.2) is 30.3 Å². The summed E-state index contributed by atoms with van der Waals surface area (Å²) in [4.78, 5) is 24.4. The normalized spacial score (nSPS) is 13.2. The highest BCUT2D eigenvalue weighted by atomic mass is 35.5. The fourth-order valence-electron chi connectivity index (χ4n) is 2.34. The molecule has 2 N–H and O–H groups in total. The number of carbonyl (C=O) groups excluding carboxylic acids is 2. The molecule has 0 bridgehead atoms. The van der Waals surface area contributed by atoms with Crippen LogP contribution in [0.25, 0.3) is 0 Å². The van der Waals surface area contributed by atoms with Gasteiger partial charge in [-0.1, -0.05) is 44.2 Å². The molecule has 0 saturated heterocycles. The van der Waals surface area contributed by atoms with Gasteiger partial charge in [0.25, 0.3) is 0 Å². The van der Waals surface area contributed by atoms with Gasteiger partial charge in [0.2, 0.25) is 0 Å². The minimum atomic E-state index is -2.99. The summed E-state index contributed by atoms with van der Waals surface area (Å²) < 4.78 is 33.4. The molecule has 0 aliphatic heterocycles. The molecule has 0 heterocycles. The summed E-state index contributed by atoms with van der Waals surface area (Å²) in [6, 6.07) is 7.99. The van der Waals surface area contributed by atoms with Gasteiger partial charge in [-0.25, -0.2) is 0 Å². The first kappa shape index (κ1) is 24.4. The van der Waals surface area contributed by atoms with Crippen LogP contribution in [0.1, 0.15) is 32.3 Å². The summed E-state index contributed by atoms with van der Waals surface area (Å²) in [6.45, 7) is 0.387. The van der Waals surface area contributed by atoms with Crippen molar-refractivity contribution in [1.29, 1.82) is 0 Å². The monoisotopic (exact) mass is 393 g/mol. The van der Waals surface area contributed by atoms with E-state index in [1.165, 1.54) is 0 Å². The number of carbonyl (C=O) groups is 2. The highest BCUT2D eigenvalue weighted by Gasteiger charge is 2.27. The Labute approximate surface area is 158 Å². The molecular formula is C18H26ClF2NO4. The number of halogens is 3. The van der Waals surface area contributed by atoms with Gasteiger partial charge in [-0.2, -0.15) is 8.78 Å². The first-order valence-corrected chi connectivity index (χ1v) is 8.18. The van der Waals surface area contributed by atoms with Crippen molar-refractivity contribution in [3.63, 3.8) is 0 Å². The van der Waals surface area contributed by atoms with Gasteiger partial charge in [0.15, 0.2) is 5.78 Å². The van der Waals surface area contributed by atoms with Crippen molar-refractivity contribution < 1.29 is 27.8 Å². The number of ketones is 1. The van der Waals surface area contributed by atoms with E-state index < -0.39 is 36.9 Å². The van der Waals surface area contributed by atoms with Gasteiger partial charge in [0.05, 0.1) is 18.6 Å². The summed E-state index contributed by atoms with van der Waals surface area (Å²) in [5.74, 6) is -1.49. The summed E-state index contributed by atoms with van der Waals surface area (Å²) in [6.07, 6.45) is 0.293. The van der Waals surface area contributed by atoms with E-state index in [0.29, 0.717) is 6.42 Å². The van der Waals surface area contributed by atoms with Crippen LogP contribution < -0.4 is 5.73 Å². The van der Waals surface area contributed by atoms with E-state index in [9.17, 15) is 18.4 Å². The topological polar surface area (TPSA) is 78.6 Å². The quantitative estimate of drug-likeness (QED) is 0.583. The maximum atomic E-state index is 12.3. The second-order valence-corrected chi connectivity index (χ2v) is 6.29. The number of nitrogens with two attached hydrogens (primary N) is 1. The van der Waals surface area contributed by atoms with E-state index in [4.69, 9.17) is 10.5 Å². The number of alkyl halides is 2. The fourth-order valence-corrected chi connectivity index (χ4v) is 2.34. The first-order chi connectivity index (χ1) is 11.8. The molecule has 1 aromatic carbocycles. The molecule has 0 aromatic heterocycles. The van der Waals surface area contributed by atoms with Crippen LogP contribution in [0.2, 0.25) is 0 Å². The van der Waals surface area contributed by atoms with Crippen LogP contribution in [0.3, 0.4) is 0 Å². The van der Waals surface area contributed by atoms with Gasteiger partial charge < -0.3 is 15.2 Å². The molecule has 0 saturated carbocycles. The van der Waals surface area contributed by atoms with Crippen LogP contribution in [0, 0.1) is 11.8 Å². The molecule has 0 aliphatic carbocycles. The van der Waals surface area contributed by atoms with E-state index in [1.54, 1.807) is 0 Å². The number of Topliss-reactive ketones (excluding diaryl/α,β-unsaturated/α-hetero) is 1. The van der Waals surface area contributed by atoms with Crippen LogP contribution in [-0.2, 0) is 25.7 Å². The lowest BCUT2D eigenvalue weighted by Crippen LogP contribution is -2.38. The maximum absolute atomic E-state index is 12.3. The summed E-state index contributed by atoms with van der Waals surface area (Å²) in [5, 5.41) is 0. The minimum Gasteiger partial charge on any atom is -0.461 e. The van der Waals surface area contributed by atoms with Crippen molar-refractivity contribution in [3.05, 3.63) is 35.9 Å². The first-order valence-electron chi connectivity index (χ1n) is 8.18. The minimum absolute atomic E-state index is 0. The van der Waals surface area contributed by atoms with Crippen molar-refractivity contribution >= 4 is 24.2 Å². The third kappa shape index (κ3) is 9.79. The zero-order valence-corrected chi connectivity index (χ0v) is 15.7. The largest absolute Gasteiger partial charge is 0.461 e. The molecule has 1 aromatic rings. The number of esters is 1. The third-order valence-electron chi connectivity index (χ3n) is 3.58. The SMILES string of the molecule is CC(C)C[C@H](CC(=O)[C@@H](N)COC(F)F)C(=O)OCc1ccccc1.Cl. The summed E-state index contributed by atoms with van der Waals surface area (Å²) in [5.41, 5.74) is 6.39. The van der Waals surface area contributed by atoms with Gasteiger partial charge in [0.1, 0.15) is 6.61 Å². The van der Waals surface area contributed by atoms with Crippen LogP contribution in [0.5, 0.6) is 0 Å². The summed E-state index contributed by atoms with van der Waals surface area (Å²) >= 11 is 0. The average molecular weight is 394 g/mol. The Morgan fingerprint density at radius 3 is 2.31 bits per heavy atom. The van der Waals surface area contributed by atoms with Crippen molar-refractivity contribution in [2.75, 3.05) is 6.61 Å². The van der Waals surface area contributed by atoms with Gasteiger partial charge in [-0.15, -0.1) is 12.4 Å². The van der Waals surface area contributed by atoms with Crippen molar-refractivity contribution in [2.24, 2.45) is 17.6 Å². The number of hydrogen-bond donors (Lipinski definition) is 1. The standard InChI is InChI=1S/C18H25F2NO4.ClH/c1-12(2)8-14(9-16(22)15(21)11-25-18(19)20)17(23)24-10-13-6-4-3-5-7-13;/h3-7,12,14-15,18H,8-11,21H2,1-2H3;1H/t14-,15+;/m1./s1. The maximum Gasteiger partial charge on any atom is 0.345 e. The summed E-state index contributed by atoms with van der Waals surface area (Å²) in [7, 11) is 0. The highest BCUT2D eigenvalue weighted by Crippen LogP contribution is 2.19. The predicted octanol–water partition coefficient (Wildman–Crippen LogP) is 3.34. The Balaban J connectivity index is 0.00000625. The smallest absolute Gasteiger partial charge is 0.345 e. The molecule has 26 heavy (non-hydrogen) atoms. The van der Waals surface area contributed by atoms with E-state index in [0.717, 1.165) is 5.56 Å². The van der Waals surface area contributed by atoms with Gasteiger partial charge >= 0.3 is 12.6 Å². The molecule has 8 heteroatoms. The molecule has 0 aliphatic rings. The fraction of sp³-hybridized carbons (Fsp3) is 0.556. The Kier molecular flexibility index (Phi) is 12.0. The van der Waals surface area contributed by atoms with E-state index in [1.807, 2.05) is 44.2 Å². The predicted molar refractivity (Wildman–Crippen MR) is 96.0 cm³/mol. The van der Waals surface area contributed by atoms with Gasteiger partial charge in [-0.3, -0.25) is 9.59 Å². The molecule has 0 spiro atoms. The highest BCUT2D eigenvalue weighted by molar-refractivity contribution is 5.88. The molecule has 0 fully saturated rings. The second kappa shape index (κ2) is 12.7. The second-order valence-electron chi connectivity index (χ2n) is 6.29. The molecule has 2 atom stereocenters. The lowest BCUT2D eigenvalue weighted by Gasteiger charge is -2.19. The number of hydrogen-bond acceptors (Lipinski definition) is 5. The molecule has 0 amide bonds. The zero-order chi connectivity index (χ0) is 18.8. The molecule has 148 valence electrons. The van der Waals surface area contributed by atoms with E-state index >= 15 is 0 Å². The Morgan fingerprint density at radius 2 is 1.77 bits per heavy atom. The number of benzene rings is 1. The zero-order valence-electron chi connectivity index (χ0n) is 14.9. The Bertz CT molecular complexity index is 543. The van der Waals surface area contributed by atoms with Crippen LogP contribution in [0.4, 0.5) is 8.78 Å². The van der Waals surface area contributed by atoms with E-state index in [2.05, 4.69) is 4.74 Å². The molecule has 0 radical (unpaired) electrons. The number of rotatable bonds is 11. The van der Waals surface area contributed by atoms with Crippen molar-refractivity contribution in [1.82, 2.24) is 0 Å². The van der Waals surface area contributed by atoms with Crippen LogP contribution >= 0.6 is 12.4 Å². The average Bonchev–Trinajstić information content (AvgIpc) is 2.57. The van der Waals surface area contributed by atoms with Crippen molar-refractivity contribution in [2.45, 2.75) is 45.9 Å². The lowest BCUT2D eigenvalue weighted by molar-refractivity contribution is -0.153. The molecular weight excluding hydrogens is 368 g/mol. The number of ether oxygens (including phenoxy) is 2. The third-order valence-corrected chi connectivity index (χ3v) is 3.58. The molecule has 1 rings (SSSR count). The van der Waals surface area contributed by atoms with Crippen LogP contribution in [-0.4, -0.2) is 31.0 Å². The molecule has 0 unspecified atom stereocenters.